The van der Waals surface area contributed by atoms with E-state index in [0.29, 0.717) is 16.6 Å². The number of ether oxygens (including phenoxy) is 1. The lowest BCUT2D eigenvalue weighted by atomic mass is 10.2. The Morgan fingerprint density at radius 2 is 2.00 bits per heavy atom. The molecule has 0 amide bonds. The number of hydrogen-bond donors (Lipinski definition) is 1. The van der Waals surface area contributed by atoms with Crippen LogP contribution in [-0.4, -0.2) is 17.1 Å². The van der Waals surface area contributed by atoms with Gasteiger partial charge in [-0.05, 0) is 34.1 Å². The number of nitrogens with one attached hydrogen (secondary N) is 1. The highest BCUT2D eigenvalue weighted by Gasteiger charge is 2.09. The lowest BCUT2D eigenvalue weighted by molar-refractivity contribution is 0.417. The van der Waals surface area contributed by atoms with Gasteiger partial charge in [-0.3, -0.25) is 0 Å². The number of anilines is 2. The molecule has 2 rings (SSSR count). The van der Waals surface area contributed by atoms with E-state index < -0.39 is 0 Å². The van der Waals surface area contributed by atoms with Gasteiger partial charge in [0.1, 0.15) is 22.0 Å². The van der Waals surface area contributed by atoms with E-state index in [4.69, 9.17) is 16.3 Å². The summed E-state index contributed by atoms with van der Waals surface area (Å²) < 4.78 is 6.04. The van der Waals surface area contributed by atoms with E-state index in [9.17, 15) is 0 Å². The second-order valence-corrected chi connectivity index (χ2v) is 5.81. The van der Waals surface area contributed by atoms with Gasteiger partial charge in [0.25, 0.3) is 0 Å². The minimum Gasteiger partial charge on any atom is -0.495 e. The zero-order valence-corrected chi connectivity index (χ0v) is 13.8. The van der Waals surface area contributed by atoms with E-state index in [0.717, 1.165) is 16.1 Å². The average molecular weight is 357 g/mol. The number of aromatic nitrogens is 2. The largest absolute Gasteiger partial charge is 0.495 e. The van der Waals surface area contributed by atoms with Gasteiger partial charge in [-0.2, -0.15) is 0 Å². The fourth-order valence-corrected chi connectivity index (χ4v) is 2.24. The molecular weight excluding hydrogens is 342 g/mol. The highest BCUT2D eigenvalue weighted by Crippen LogP contribution is 2.30. The Balaban J connectivity index is 2.37. The molecule has 0 unspecified atom stereocenters. The van der Waals surface area contributed by atoms with E-state index >= 15 is 0 Å². The van der Waals surface area contributed by atoms with Crippen molar-refractivity contribution in [2.45, 2.75) is 19.8 Å². The molecule has 0 spiro atoms. The van der Waals surface area contributed by atoms with Crippen LogP contribution in [0.2, 0.25) is 5.02 Å². The van der Waals surface area contributed by atoms with E-state index in [1.54, 1.807) is 19.2 Å². The third-order valence-corrected chi connectivity index (χ3v) is 3.29. The molecule has 0 atom stereocenters. The van der Waals surface area contributed by atoms with Gasteiger partial charge >= 0.3 is 0 Å². The maximum absolute atomic E-state index is 6.02. The summed E-state index contributed by atoms with van der Waals surface area (Å²) in [6, 6.07) is 7.20. The molecule has 1 aromatic heterocycles. The van der Waals surface area contributed by atoms with Gasteiger partial charge in [-0.25, -0.2) is 9.97 Å². The van der Waals surface area contributed by atoms with Crippen molar-refractivity contribution < 1.29 is 4.74 Å². The molecule has 0 radical (unpaired) electrons. The molecule has 106 valence electrons. The number of hydrogen-bond acceptors (Lipinski definition) is 4. The van der Waals surface area contributed by atoms with Gasteiger partial charge < -0.3 is 10.1 Å². The average Bonchev–Trinajstić information content (AvgIpc) is 2.38. The third-order valence-electron chi connectivity index (χ3n) is 2.65. The summed E-state index contributed by atoms with van der Waals surface area (Å²) in [5, 5.41) is 3.84. The molecule has 0 aliphatic heterocycles. The lowest BCUT2D eigenvalue weighted by Crippen LogP contribution is -2.03. The van der Waals surface area contributed by atoms with Crippen molar-refractivity contribution in [1.82, 2.24) is 9.97 Å². The van der Waals surface area contributed by atoms with Crippen LogP contribution < -0.4 is 10.1 Å². The molecule has 0 saturated carbocycles. The fraction of sp³-hybridized carbons (Fsp3) is 0.286. The van der Waals surface area contributed by atoms with Gasteiger partial charge in [-0.1, -0.05) is 25.4 Å². The van der Waals surface area contributed by atoms with E-state index in [1.807, 2.05) is 26.0 Å². The minimum atomic E-state index is 0.245. The maximum Gasteiger partial charge on any atom is 0.142 e. The summed E-state index contributed by atoms with van der Waals surface area (Å²) in [6.07, 6.45) is 0. The monoisotopic (exact) mass is 355 g/mol. The maximum atomic E-state index is 6.02. The first kappa shape index (κ1) is 15.1. The standard InChI is InChI=1S/C14H15BrClN3O/c1-8(2)14-18-12(15)7-13(19-14)17-10-6-9(16)4-5-11(10)20-3/h4-8H,1-3H3,(H,17,18,19). The summed E-state index contributed by atoms with van der Waals surface area (Å²) in [6.45, 7) is 4.09. The van der Waals surface area contributed by atoms with Crippen molar-refractivity contribution >= 4 is 39.0 Å². The first-order valence-corrected chi connectivity index (χ1v) is 7.31. The quantitative estimate of drug-likeness (QED) is 0.802. The molecule has 0 saturated heterocycles. The van der Waals surface area contributed by atoms with Gasteiger partial charge in [0.05, 0.1) is 12.8 Å². The molecule has 4 nitrogen and oxygen atoms in total. The number of nitrogens with zero attached hydrogens (tertiary/aromatic N) is 2. The van der Waals surface area contributed by atoms with Crippen LogP contribution in [0.25, 0.3) is 0 Å². The lowest BCUT2D eigenvalue weighted by Gasteiger charge is -2.12. The van der Waals surface area contributed by atoms with Crippen molar-refractivity contribution in [3.05, 3.63) is 39.7 Å². The SMILES string of the molecule is COc1ccc(Cl)cc1Nc1cc(Br)nc(C(C)C)n1. The van der Waals surface area contributed by atoms with Crippen molar-refractivity contribution in [3.8, 4) is 5.75 Å². The number of rotatable bonds is 4. The summed E-state index contributed by atoms with van der Waals surface area (Å²) in [7, 11) is 1.61. The highest BCUT2D eigenvalue weighted by atomic mass is 79.9. The van der Waals surface area contributed by atoms with Crippen LogP contribution in [0.15, 0.2) is 28.9 Å². The molecule has 0 fully saturated rings. The number of methoxy groups -OCH3 is 1. The van der Waals surface area contributed by atoms with Crippen LogP contribution in [0.5, 0.6) is 5.75 Å². The Hall–Kier alpha value is -1.33. The van der Waals surface area contributed by atoms with Crippen LogP contribution in [0, 0.1) is 0 Å². The molecule has 1 heterocycles. The summed E-state index contributed by atoms with van der Waals surface area (Å²) in [5.41, 5.74) is 0.764. The first-order chi connectivity index (χ1) is 9.49. The van der Waals surface area contributed by atoms with Crippen molar-refractivity contribution in [3.63, 3.8) is 0 Å². The predicted molar refractivity (Wildman–Crippen MR) is 85.1 cm³/mol. The molecule has 20 heavy (non-hydrogen) atoms. The van der Waals surface area contributed by atoms with Gasteiger partial charge in [-0.15, -0.1) is 0 Å². The minimum absolute atomic E-state index is 0.245. The van der Waals surface area contributed by atoms with Crippen LogP contribution >= 0.6 is 27.5 Å². The molecule has 0 aliphatic carbocycles. The molecule has 6 heteroatoms. The Morgan fingerprint density at radius 1 is 1.25 bits per heavy atom. The van der Waals surface area contributed by atoms with Crippen molar-refractivity contribution in [2.75, 3.05) is 12.4 Å². The normalized spacial score (nSPS) is 10.7. The zero-order chi connectivity index (χ0) is 14.7. The number of benzene rings is 1. The Labute approximate surface area is 131 Å². The Morgan fingerprint density at radius 3 is 2.65 bits per heavy atom. The Kier molecular flexibility index (Phi) is 4.83. The summed E-state index contributed by atoms with van der Waals surface area (Å²) >= 11 is 9.41. The molecule has 0 bridgehead atoms. The topological polar surface area (TPSA) is 47.0 Å². The van der Waals surface area contributed by atoms with E-state index in [-0.39, 0.29) is 5.92 Å². The van der Waals surface area contributed by atoms with Crippen LogP contribution in [0.3, 0.4) is 0 Å². The Bertz CT molecular complexity index is 619. The molecule has 1 aromatic carbocycles. The molecule has 0 aliphatic rings. The van der Waals surface area contributed by atoms with Crippen LogP contribution in [0.1, 0.15) is 25.6 Å². The smallest absolute Gasteiger partial charge is 0.142 e. The van der Waals surface area contributed by atoms with Crippen molar-refractivity contribution in [1.29, 1.82) is 0 Å². The van der Waals surface area contributed by atoms with E-state index in [1.165, 1.54) is 0 Å². The predicted octanol–water partition coefficient (Wildman–Crippen LogP) is 4.77. The second kappa shape index (κ2) is 6.41. The van der Waals surface area contributed by atoms with E-state index in [2.05, 4.69) is 31.2 Å². The van der Waals surface area contributed by atoms with Gasteiger partial charge in [0, 0.05) is 17.0 Å². The molecule has 1 N–H and O–H groups in total. The second-order valence-electron chi connectivity index (χ2n) is 4.56. The first-order valence-electron chi connectivity index (χ1n) is 6.14. The zero-order valence-electron chi connectivity index (χ0n) is 11.4. The van der Waals surface area contributed by atoms with Gasteiger partial charge in [0.15, 0.2) is 0 Å². The van der Waals surface area contributed by atoms with Crippen LogP contribution in [-0.2, 0) is 0 Å². The third kappa shape index (κ3) is 3.61. The summed E-state index contributed by atoms with van der Waals surface area (Å²) in [4.78, 5) is 8.83. The van der Waals surface area contributed by atoms with Gasteiger partial charge in [0.2, 0.25) is 0 Å². The summed E-state index contributed by atoms with van der Waals surface area (Å²) in [5.74, 6) is 2.41. The van der Waals surface area contributed by atoms with Crippen LogP contribution in [0.4, 0.5) is 11.5 Å². The number of halogens is 2. The highest BCUT2D eigenvalue weighted by molar-refractivity contribution is 9.10. The molecule has 2 aromatic rings. The van der Waals surface area contributed by atoms with Crippen molar-refractivity contribution in [2.24, 2.45) is 0 Å². The fourth-order valence-electron chi connectivity index (χ4n) is 1.67. The molecular formula is C14H15BrClN3O.